The number of piperidine rings is 1. The molecule has 1 amide bonds. The summed E-state index contributed by atoms with van der Waals surface area (Å²) in [7, 11) is 1.64. The SMILES string of the molecule is COCCC[C@]1(C(=O)O)CCCN(CC(=O)N2CCCCCC2)C1. The maximum absolute atomic E-state index is 12.6. The van der Waals surface area contributed by atoms with E-state index in [4.69, 9.17) is 4.74 Å². The van der Waals surface area contributed by atoms with Crippen LogP contribution in [0, 0.1) is 5.41 Å². The average Bonchev–Trinajstić information content (AvgIpc) is 2.84. The summed E-state index contributed by atoms with van der Waals surface area (Å²) in [6.07, 6.45) is 7.47. The first kappa shape index (κ1) is 19.2. The minimum Gasteiger partial charge on any atom is -0.481 e. The molecule has 24 heavy (non-hydrogen) atoms. The van der Waals surface area contributed by atoms with Crippen LogP contribution in [0.4, 0.5) is 0 Å². The number of ether oxygens (including phenoxy) is 1. The number of hydrogen-bond acceptors (Lipinski definition) is 4. The first-order valence-corrected chi connectivity index (χ1v) is 9.30. The maximum Gasteiger partial charge on any atom is 0.310 e. The fraction of sp³-hybridized carbons (Fsp3) is 0.889. The molecular weight excluding hydrogens is 308 g/mol. The monoisotopic (exact) mass is 340 g/mol. The Kier molecular flexibility index (Phi) is 7.49. The van der Waals surface area contributed by atoms with Gasteiger partial charge in [-0.2, -0.15) is 0 Å². The highest BCUT2D eigenvalue weighted by atomic mass is 16.5. The van der Waals surface area contributed by atoms with Crippen molar-refractivity contribution in [1.82, 2.24) is 9.80 Å². The third-order valence-corrected chi connectivity index (χ3v) is 5.43. The molecule has 1 atom stereocenters. The van der Waals surface area contributed by atoms with Gasteiger partial charge in [-0.15, -0.1) is 0 Å². The molecule has 0 unspecified atom stereocenters. The molecule has 0 bridgehead atoms. The predicted octanol–water partition coefficient (Wildman–Crippen LogP) is 1.98. The number of amides is 1. The molecule has 6 nitrogen and oxygen atoms in total. The van der Waals surface area contributed by atoms with E-state index in [0.29, 0.717) is 32.5 Å². The van der Waals surface area contributed by atoms with Crippen LogP contribution in [0.2, 0.25) is 0 Å². The summed E-state index contributed by atoms with van der Waals surface area (Å²) >= 11 is 0. The zero-order valence-electron chi connectivity index (χ0n) is 15.0. The summed E-state index contributed by atoms with van der Waals surface area (Å²) in [5.74, 6) is -0.569. The lowest BCUT2D eigenvalue weighted by Crippen LogP contribution is -2.51. The van der Waals surface area contributed by atoms with E-state index in [1.54, 1.807) is 7.11 Å². The molecule has 0 aliphatic carbocycles. The van der Waals surface area contributed by atoms with Gasteiger partial charge in [0.2, 0.25) is 5.91 Å². The van der Waals surface area contributed by atoms with Crippen LogP contribution < -0.4 is 0 Å². The van der Waals surface area contributed by atoms with Crippen molar-refractivity contribution in [2.75, 3.05) is 46.4 Å². The van der Waals surface area contributed by atoms with Crippen LogP contribution >= 0.6 is 0 Å². The summed E-state index contributed by atoms with van der Waals surface area (Å²) in [5.41, 5.74) is -0.726. The lowest BCUT2D eigenvalue weighted by atomic mass is 9.76. The Morgan fingerprint density at radius 1 is 1.08 bits per heavy atom. The molecule has 2 rings (SSSR count). The normalized spacial score (nSPS) is 26.1. The minimum absolute atomic E-state index is 0.162. The van der Waals surface area contributed by atoms with E-state index in [9.17, 15) is 14.7 Å². The van der Waals surface area contributed by atoms with Crippen molar-refractivity contribution in [2.45, 2.75) is 51.4 Å². The van der Waals surface area contributed by atoms with Gasteiger partial charge >= 0.3 is 5.97 Å². The van der Waals surface area contributed by atoms with Crippen molar-refractivity contribution in [3.8, 4) is 0 Å². The van der Waals surface area contributed by atoms with E-state index < -0.39 is 11.4 Å². The molecule has 0 aromatic heterocycles. The quantitative estimate of drug-likeness (QED) is 0.718. The lowest BCUT2D eigenvalue weighted by molar-refractivity contribution is -0.154. The second-order valence-corrected chi connectivity index (χ2v) is 7.29. The summed E-state index contributed by atoms with van der Waals surface area (Å²) in [6.45, 7) is 3.95. The molecule has 2 heterocycles. The second kappa shape index (κ2) is 9.37. The van der Waals surface area contributed by atoms with Crippen LogP contribution in [0.15, 0.2) is 0 Å². The van der Waals surface area contributed by atoms with Gasteiger partial charge < -0.3 is 14.7 Å². The molecule has 0 aromatic carbocycles. The van der Waals surface area contributed by atoms with Gasteiger partial charge in [0.05, 0.1) is 12.0 Å². The van der Waals surface area contributed by atoms with E-state index in [0.717, 1.165) is 45.3 Å². The number of nitrogens with zero attached hydrogens (tertiary/aromatic N) is 2. The van der Waals surface area contributed by atoms with Gasteiger partial charge in [0.1, 0.15) is 0 Å². The van der Waals surface area contributed by atoms with Gasteiger partial charge in [0.25, 0.3) is 0 Å². The van der Waals surface area contributed by atoms with Crippen molar-refractivity contribution < 1.29 is 19.4 Å². The highest BCUT2D eigenvalue weighted by molar-refractivity contribution is 5.79. The Bertz CT molecular complexity index is 421. The molecule has 0 saturated carbocycles. The molecular formula is C18H32N2O4. The number of rotatable bonds is 7. The van der Waals surface area contributed by atoms with Crippen molar-refractivity contribution in [3.05, 3.63) is 0 Å². The molecule has 2 aliphatic heterocycles. The largest absolute Gasteiger partial charge is 0.481 e. The number of methoxy groups -OCH3 is 1. The molecule has 2 saturated heterocycles. The van der Waals surface area contributed by atoms with Crippen LogP contribution in [0.5, 0.6) is 0 Å². The molecule has 6 heteroatoms. The predicted molar refractivity (Wildman–Crippen MR) is 91.9 cm³/mol. The van der Waals surface area contributed by atoms with Gasteiger partial charge in [0.15, 0.2) is 0 Å². The van der Waals surface area contributed by atoms with Crippen LogP contribution in [-0.2, 0) is 14.3 Å². The number of carboxylic acid groups (broad SMARTS) is 1. The lowest BCUT2D eigenvalue weighted by Gasteiger charge is -2.40. The highest BCUT2D eigenvalue weighted by Crippen LogP contribution is 2.35. The average molecular weight is 340 g/mol. The fourth-order valence-corrected chi connectivity index (χ4v) is 4.01. The minimum atomic E-state index is -0.731. The summed E-state index contributed by atoms with van der Waals surface area (Å²) in [4.78, 5) is 28.5. The highest BCUT2D eigenvalue weighted by Gasteiger charge is 2.42. The standard InChI is InChI=1S/C18H32N2O4/c1-24-13-7-9-18(17(22)23)8-6-10-19(15-18)14-16(21)20-11-4-2-3-5-12-20/h2-15H2,1H3,(H,22,23)/t18-/m1/s1. The van der Waals surface area contributed by atoms with Crippen molar-refractivity contribution >= 4 is 11.9 Å². The Balaban J connectivity index is 1.92. The first-order chi connectivity index (χ1) is 11.6. The van der Waals surface area contributed by atoms with Crippen LogP contribution in [0.1, 0.15) is 51.4 Å². The van der Waals surface area contributed by atoms with Crippen LogP contribution in [-0.4, -0.2) is 73.2 Å². The van der Waals surface area contributed by atoms with Gasteiger partial charge in [-0.05, 0) is 45.1 Å². The number of carboxylic acids is 1. The van der Waals surface area contributed by atoms with Gasteiger partial charge in [-0.3, -0.25) is 14.5 Å². The van der Waals surface area contributed by atoms with Crippen molar-refractivity contribution in [2.24, 2.45) is 5.41 Å². The van der Waals surface area contributed by atoms with E-state index in [1.807, 2.05) is 4.90 Å². The zero-order chi connectivity index (χ0) is 17.4. The molecule has 0 radical (unpaired) electrons. The fourth-order valence-electron chi connectivity index (χ4n) is 4.01. The topological polar surface area (TPSA) is 70.1 Å². The molecule has 0 spiro atoms. The molecule has 138 valence electrons. The van der Waals surface area contributed by atoms with E-state index in [-0.39, 0.29) is 5.91 Å². The van der Waals surface area contributed by atoms with Crippen LogP contribution in [0.25, 0.3) is 0 Å². The van der Waals surface area contributed by atoms with E-state index in [2.05, 4.69) is 4.90 Å². The third-order valence-electron chi connectivity index (χ3n) is 5.43. The maximum atomic E-state index is 12.6. The van der Waals surface area contributed by atoms with Gasteiger partial charge in [-0.25, -0.2) is 0 Å². The van der Waals surface area contributed by atoms with E-state index >= 15 is 0 Å². The Labute approximate surface area is 145 Å². The van der Waals surface area contributed by atoms with Crippen molar-refractivity contribution in [1.29, 1.82) is 0 Å². The first-order valence-electron chi connectivity index (χ1n) is 9.30. The van der Waals surface area contributed by atoms with Gasteiger partial charge in [-0.1, -0.05) is 12.8 Å². The number of hydrogen-bond donors (Lipinski definition) is 1. The summed E-state index contributed by atoms with van der Waals surface area (Å²) in [5, 5.41) is 9.76. The third kappa shape index (κ3) is 5.18. The molecule has 2 aliphatic rings. The number of carbonyl (C=O) groups is 2. The van der Waals surface area contributed by atoms with Crippen molar-refractivity contribution in [3.63, 3.8) is 0 Å². The molecule has 1 N–H and O–H groups in total. The number of aliphatic carboxylic acids is 1. The van der Waals surface area contributed by atoms with E-state index in [1.165, 1.54) is 12.8 Å². The molecule has 0 aromatic rings. The Morgan fingerprint density at radius 3 is 2.42 bits per heavy atom. The number of likely N-dealkylation sites (tertiary alicyclic amines) is 2. The van der Waals surface area contributed by atoms with Gasteiger partial charge in [0, 0.05) is 33.4 Å². The Morgan fingerprint density at radius 2 is 1.79 bits per heavy atom. The molecule has 2 fully saturated rings. The second-order valence-electron chi connectivity index (χ2n) is 7.29. The Hall–Kier alpha value is -1.14. The summed E-state index contributed by atoms with van der Waals surface area (Å²) in [6, 6.07) is 0. The zero-order valence-corrected chi connectivity index (χ0v) is 15.0. The smallest absolute Gasteiger partial charge is 0.310 e. The van der Waals surface area contributed by atoms with Crippen LogP contribution in [0.3, 0.4) is 0 Å². The number of carbonyl (C=O) groups excluding carboxylic acids is 1. The summed E-state index contributed by atoms with van der Waals surface area (Å²) < 4.78 is 5.07.